The summed E-state index contributed by atoms with van der Waals surface area (Å²) in [5.41, 5.74) is 1.96. The quantitative estimate of drug-likeness (QED) is 0.752. The van der Waals surface area contributed by atoms with Crippen LogP contribution in [0, 0.1) is 5.92 Å². The van der Waals surface area contributed by atoms with Crippen LogP contribution < -0.4 is 15.4 Å². The van der Waals surface area contributed by atoms with E-state index in [1.807, 2.05) is 42.5 Å². The Kier molecular flexibility index (Phi) is 6.25. The second-order valence-electron chi connectivity index (χ2n) is 6.46. The lowest BCUT2D eigenvalue weighted by atomic mass is 9.98. The van der Waals surface area contributed by atoms with Crippen molar-refractivity contribution in [3.05, 3.63) is 60.2 Å². The number of anilines is 1. The molecule has 0 radical (unpaired) electrons. The first-order valence-electron chi connectivity index (χ1n) is 9.05. The van der Waals surface area contributed by atoms with Crippen LogP contribution in [0.4, 0.5) is 5.69 Å². The van der Waals surface area contributed by atoms with E-state index >= 15 is 0 Å². The predicted octanol–water partition coefficient (Wildman–Crippen LogP) is 3.16. The van der Waals surface area contributed by atoms with Crippen LogP contribution in [0.25, 0.3) is 0 Å². The van der Waals surface area contributed by atoms with Crippen LogP contribution in [-0.2, 0) is 16.0 Å². The van der Waals surface area contributed by atoms with Gasteiger partial charge in [0.05, 0.1) is 18.2 Å². The van der Waals surface area contributed by atoms with Crippen molar-refractivity contribution in [1.29, 1.82) is 0 Å². The maximum Gasteiger partial charge on any atom is 0.229 e. The molecule has 1 saturated heterocycles. The fraction of sp³-hybridized carbons (Fsp3) is 0.333. The Morgan fingerprint density at radius 2 is 1.88 bits per heavy atom. The number of piperidine rings is 1. The third-order valence-electron chi connectivity index (χ3n) is 4.49. The van der Waals surface area contributed by atoms with Crippen molar-refractivity contribution >= 4 is 17.5 Å². The van der Waals surface area contributed by atoms with Crippen LogP contribution >= 0.6 is 0 Å². The Hall–Kier alpha value is -2.82. The fourth-order valence-electron chi connectivity index (χ4n) is 2.99. The van der Waals surface area contributed by atoms with Gasteiger partial charge in [-0.3, -0.25) is 9.59 Å². The van der Waals surface area contributed by atoms with Crippen molar-refractivity contribution in [2.75, 3.05) is 18.5 Å². The number of ether oxygens (including phenoxy) is 1. The smallest absolute Gasteiger partial charge is 0.229 e. The summed E-state index contributed by atoms with van der Waals surface area (Å²) in [6.45, 7) is 0.978. The average molecular weight is 352 g/mol. The molecule has 0 bridgehead atoms. The molecule has 0 aromatic heterocycles. The minimum atomic E-state index is -0.196. The van der Waals surface area contributed by atoms with Gasteiger partial charge >= 0.3 is 0 Å². The molecule has 1 fully saturated rings. The molecule has 0 unspecified atom stereocenters. The second kappa shape index (κ2) is 9.04. The van der Waals surface area contributed by atoms with E-state index in [-0.39, 0.29) is 17.7 Å². The molecule has 1 aliphatic heterocycles. The van der Waals surface area contributed by atoms with E-state index in [1.54, 1.807) is 0 Å². The Morgan fingerprint density at radius 3 is 2.65 bits per heavy atom. The number of carbonyl (C=O) groups is 2. The molecule has 1 aliphatic rings. The molecule has 2 amide bonds. The van der Waals surface area contributed by atoms with E-state index in [4.69, 9.17) is 4.74 Å². The molecule has 136 valence electrons. The molecule has 2 aromatic carbocycles. The topological polar surface area (TPSA) is 67.4 Å². The van der Waals surface area contributed by atoms with E-state index in [1.165, 1.54) is 5.56 Å². The SMILES string of the molecule is O=C1CC[C@H](C(=O)Nc2ccccc2OCCCc2ccccc2)CN1. The van der Waals surface area contributed by atoms with E-state index in [9.17, 15) is 9.59 Å². The summed E-state index contributed by atoms with van der Waals surface area (Å²) >= 11 is 0. The summed E-state index contributed by atoms with van der Waals surface area (Å²) in [6, 6.07) is 17.8. The van der Waals surface area contributed by atoms with E-state index in [2.05, 4.69) is 22.8 Å². The van der Waals surface area contributed by atoms with Gasteiger partial charge in [0.15, 0.2) is 0 Å². The third kappa shape index (κ3) is 5.09. The van der Waals surface area contributed by atoms with Gasteiger partial charge in [0.1, 0.15) is 5.75 Å². The van der Waals surface area contributed by atoms with Gasteiger partial charge in [-0.2, -0.15) is 0 Å². The molecule has 5 nitrogen and oxygen atoms in total. The molecule has 5 heteroatoms. The van der Waals surface area contributed by atoms with E-state index in [0.717, 1.165) is 12.8 Å². The maximum absolute atomic E-state index is 12.4. The first-order chi connectivity index (χ1) is 12.7. The van der Waals surface area contributed by atoms with Crippen LogP contribution in [0.1, 0.15) is 24.8 Å². The van der Waals surface area contributed by atoms with Gasteiger partial charge < -0.3 is 15.4 Å². The summed E-state index contributed by atoms with van der Waals surface area (Å²) in [6.07, 6.45) is 2.84. The molecular weight excluding hydrogens is 328 g/mol. The average Bonchev–Trinajstić information content (AvgIpc) is 2.68. The number of nitrogens with one attached hydrogen (secondary N) is 2. The molecule has 2 aromatic rings. The highest BCUT2D eigenvalue weighted by molar-refractivity contribution is 5.95. The largest absolute Gasteiger partial charge is 0.491 e. The van der Waals surface area contributed by atoms with Gasteiger partial charge in [0, 0.05) is 13.0 Å². The first kappa shape index (κ1) is 18.0. The van der Waals surface area contributed by atoms with Gasteiger partial charge in [-0.05, 0) is 37.0 Å². The van der Waals surface area contributed by atoms with Gasteiger partial charge in [-0.15, -0.1) is 0 Å². The van der Waals surface area contributed by atoms with Crippen molar-refractivity contribution < 1.29 is 14.3 Å². The van der Waals surface area contributed by atoms with E-state index in [0.29, 0.717) is 37.4 Å². The van der Waals surface area contributed by atoms with Crippen LogP contribution in [0.5, 0.6) is 5.75 Å². The van der Waals surface area contributed by atoms with Crippen molar-refractivity contribution in [3.63, 3.8) is 0 Å². The number of aryl methyl sites for hydroxylation is 1. The minimum Gasteiger partial charge on any atom is -0.491 e. The monoisotopic (exact) mass is 352 g/mol. The summed E-state index contributed by atoms with van der Waals surface area (Å²) in [4.78, 5) is 23.7. The van der Waals surface area contributed by atoms with Gasteiger partial charge in [-0.25, -0.2) is 0 Å². The lowest BCUT2D eigenvalue weighted by molar-refractivity contribution is -0.126. The van der Waals surface area contributed by atoms with Gasteiger partial charge in [0.2, 0.25) is 11.8 Å². The molecule has 2 N–H and O–H groups in total. The molecule has 0 saturated carbocycles. The fourth-order valence-corrected chi connectivity index (χ4v) is 2.99. The van der Waals surface area contributed by atoms with Crippen LogP contribution in [0.2, 0.25) is 0 Å². The Morgan fingerprint density at radius 1 is 1.12 bits per heavy atom. The molecular formula is C21H24N2O3. The number of hydrogen-bond donors (Lipinski definition) is 2. The van der Waals surface area contributed by atoms with Gasteiger partial charge in [0.25, 0.3) is 0 Å². The molecule has 1 heterocycles. The zero-order valence-electron chi connectivity index (χ0n) is 14.7. The van der Waals surface area contributed by atoms with E-state index < -0.39 is 0 Å². The zero-order valence-corrected chi connectivity index (χ0v) is 14.7. The van der Waals surface area contributed by atoms with Crippen LogP contribution in [0.3, 0.4) is 0 Å². The number of amides is 2. The van der Waals surface area contributed by atoms with Crippen LogP contribution in [-0.4, -0.2) is 25.0 Å². The predicted molar refractivity (Wildman–Crippen MR) is 101 cm³/mol. The molecule has 0 aliphatic carbocycles. The zero-order chi connectivity index (χ0) is 18.2. The molecule has 0 spiro atoms. The van der Waals surface area contributed by atoms with Crippen molar-refractivity contribution in [2.45, 2.75) is 25.7 Å². The van der Waals surface area contributed by atoms with Crippen molar-refractivity contribution in [3.8, 4) is 5.75 Å². The summed E-state index contributed by atoms with van der Waals surface area (Å²) in [7, 11) is 0. The summed E-state index contributed by atoms with van der Waals surface area (Å²) < 4.78 is 5.88. The number of hydrogen-bond acceptors (Lipinski definition) is 3. The Bertz CT molecular complexity index is 736. The molecule has 26 heavy (non-hydrogen) atoms. The highest BCUT2D eigenvalue weighted by atomic mass is 16.5. The number of para-hydroxylation sites is 2. The Balaban J connectivity index is 1.51. The standard InChI is InChI=1S/C21H24N2O3/c24-20-13-12-17(15-22-20)21(25)23-18-10-4-5-11-19(18)26-14-6-9-16-7-2-1-3-8-16/h1-5,7-8,10-11,17H,6,9,12-15H2,(H,22,24)(H,23,25)/t17-/m0/s1. The number of carbonyl (C=O) groups excluding carboxylic acids is 2. The second-order valence-corrected chi connectivity index (χ2v) is 6.46. The highest BCUT2D eigenvalue weighted by Crippen LogP contribution is 2.25. The van der Waals surface area contributed by atoms with Gasteiger partial charge in [-0.1, -0.05) is 42.5 Å². The molecule has 1 atom stereocenters. The maximum atomic E-state index is 12.4. The summed E-state index contributed by atoms with van der Waals surface area (Å²) in [5, 5.41) is 5.68. The number of benzene rings is 2. The molecule has 3 rings (SSSR count). The van der Waals surface area contributed by atoms with Crippen LogP contribution in [0.15, 0.2) is 54.6 Å². The normalized spacial score (nSPS) is 16.6. The van der Waals surface area contributed by atoms with Crippen molar-refractivity contribution in [2.24, 2.45) is 5.92 Å². The number of rotatable bonds is 7. The third-order valence-corrected chi connectivity index (χ3v) is 4.49. The lowest BCUT2D eigenvalue weighted by Crippen LogP contribution is -2.40. The first-order valence-corrected chi connectivity index (χ1v) is 9.05. The minimum absolute atomic E-state index is 0.0104. The van der Waals surface area contributed by atoms with Crippen molar-refractivity contribution in [1.82, 2.24) is 5.32 Å². The lowest BCUT2D eigenvalue weighted by Gasteiger charge is -2.22. The summed E-state index contributed by atoms with van der Waals surface area (Å²) in [5.74, 6) is 0.411. The highest BCUT2D eigenvalue weighted by Gasteiger charge is 2.25. The Labute approximate surface area is 153 Å².